The van der Waals surface area contributed by atoms with E-state index in [1.807, 2.05) is 12.1 Å². The van der Waals surface area contributed by atoms with Crippen LogP contribution in [0.1, 0.15) is 64.2 Å². The summed E-state index contributed by atoms with van der Waals surface area (Å²) in [5.74, 6) is 0. The second kappa shape index (κ2) is 10.9. The summed E-state index contributed by atoms with van der Waals surface area (Å²) in [5.41, 5.74) is 2.13. The van der Waals surface area contributed by atoms with Crippen LogP contribution in [0.3, 0.4) is 0 Å². The van der Waals surface area contributed by atoms with E-state index in [-0.39, 0.29) is 0 Å². The van der Waals surface area contributed by atoms with Crippen LogP contribution >= 0.6 is 11.6 Å². The average molecular weight is 392 g/mol. The van der Waals surface area contributed by atoms with E-state index in [2.05, 4.69) is 27.1 Å². The third-order valence-electron chi connectivity index (χ3n) is 6.12. The summed E-state index contributed by atoms with van der Waals surface area (Å²) in [6, 6.07) is 8.40. The zero-order valence-electron chi connectivity index (χ0n) is 16.5. The minimum Gasteiger partial charge on any atom is -0.411 e. The number of para-hydroxylation sites is 1. The van der Waals surface area contributed by atoms with Crippen LogP contribution in [-0.4, -0.2) is 48.0 Å². The molecule has 1 aliphatic carbocycles. The molecule has 1 aromatic carbocycles. The van der Waals surface area contributed by atoms with Gasteiger partial charge in [-0.3, -0.25) is 4.90 Å². The second-order valence-corrected chi connectivity index (χ2v) is 8.36. The van der Waals surface area contributed by atoms with E-state index in [9.17, 15) is 5.21 Å². The van der Waals surface area contributed by atoms with E-state index in [1.165, 1.54) is 44.9 Å². The van der Waals surface area contributed by atoms with Gasteiger partial charge in [-0.05, 0) is 31.4 Å². The van der Waals surface area contributed by atoms with E-state index < -0.39 is 0 Å². The molecular formula is C22H34ClN3O. The summed E-state index contributed by atoms with van der Waals surface area (Å²) in [7, 11) is 0. The molecule has 1 aromatic rings. The molecule has 0 radical (unpaired) electrons. The van der Waals surface area contributed by atoms with Crippen molar-refractivity contribution in [3.05, 3.63) is 29.3 Å². The molecule has 2 aliphatic rings. The number of hydrogen-bond donors (Lipinski definition) is 1. The van der Waals surface area contributed by atoms with Crippen molar-refractivity contribution < 1.29 is 5.21 Å². The zero-order valence-corrected chi connectivity index (χ0v) is 17.2. The summed E-state index contributed by atoms with van der Waals surface area (Å²) >= 11 is 6.38. The lowest BCUT2D eigenvalue weighted by Crippen LogP contribution is -2.52. The number of benzene rings is 1. The van der Waals surface area contributed by atoms with Crippen molar-refractivity contribution in [3.63, 3.8) is 0 Å². The number of rotatable bonds is 2. The summed E-state index contributed by atoms with van der Waals surface area (Å²) in [4.78, 5) is 4.91. The van der Waals surface area contributed by atoms with Gasteiger partial charge in [-0.25, -0.2) is 0 Å². The van der Waals surface area contributed by atoms with Gasteiger partial charge >= 0.3 is 0 Å². The van der Waals surface area contributed by atoms with Crippen molar-refractivity contribution in [3.8, 4) is 0 Å². The Balaban J connectivity index is 1.62. The lowest BCUT2D eigenvalue weighted by Gasteiger charge is -2.40. The Kier molecular flexibility index (Phi) is 8.28. The predicted octanol–water partition coefficient (Wildman–Crippen LogP) is 5.58. The lowest BCUT2D eigenvalue weighted by molar-refractivity contribution is 0.208. The molecule has 0 spiro atoms. The van der Waals surface area contributed by atoms with Crippen LogP contribution in [0.2, 0.25) is 5.02 Å². The number of oxime groups is 1. The number of nitrogens with zero attached hydrogens (tertiary/aromatic N) is 3. The highest BCUT2D eigenvalue weighted by atomic mass is 35.5. The maximum atomic E-state index is 9.70. The molecular weight excluding hydrogens is 358 g/mol. The molecule has 0 unspecified atom stereocenters. The third kappa shape index (κ3) is 5.86. The van der Waals surface area contributed by atoms with Crippen molar-refractivity contribution in [1.82, 2.24) is 4.90 Å². The van der Waals surface area contributed by atoms with Crippen molar-refractivity contribution >= 4 is 23.0 Å². The van der Waals surface area contributed by atoms with Crippen LogP contribution in [0, 0.1) is 0 Å². The first kappa shape index (κ1) is 20.5. The molecule has 0 aromatic heterocycles. The first-order chi connectivity index (χ1) is 13.3. The topological polar surface area (TPSA) is 39.1 Å². The summed E-state index contributed by atoms with van der Waals surface area (Å²) < 4.78 is 0. The molecule has 1 aliphatic heterocycles. The van der Waals surface area contributed by atoms with Gasteiger partial charge in [0, 0.05) is 26.2 Å². The van der Waals surface area contributed by atoms with E-state index in [0.29, 0.717) is 6.04 Å². The first-order valence-electron chi connectivity index (χ1n) is 10.7. The minimum absolute atomic E-state index is 0.294. The first-order valence-corrected chi connectivity index (χ1v) is 11.1. The molecule has 1 saturated carbocycles. The maximum Gasteiger partial charge on any atom is 0.0742 e. The number of hydrogen-bond acceptors (Lipinski definition) is 4. The van der Waals surface area contributed by atoms with E-state index >= 15 is 0 Å². The van der Waals surface area contributed by atoms with Gasteiger partial charge in [0.2, 0.25) is 0 Å². The predicted molar refractivity (Wildman–Crippen MR) is 114 cm³/mol. The Bertz CT molecular complexity index is 599. The van der Waals surface area contributed by atoms with Crippen LogP contribution in [-0.2, 0) is 0 Å². The van der Waals surface area contributed by atoms with Crippen molar-refractivity contribution in [2.75, 3.05) is 31.1 Å². The van der Waals surface area contributed by atoms with Gasteiger partial charge in [-0.15, -0.1) is 0 Å². The van der Waals surface area contributed by atoms with Crippen molar-refractivity contribution in [1.29, 1.82) is 0 Å². The third-order valence-corrected chi connectivity index (χ3v) is 6.44. The summed E-state index contributed by atoms with van der Waals surface area (Å²) in [6.07, 6.45) is 12.4. The molecule has 1 saturated heterocycles. The molecule has 5 heteroatoms. The number of halogens is 1. The van der Waals surface area contributed by atoms with Gasteiger partial charge in [0.15, 0.2) is 0 Å². The largest absolute Gasteiger partial charge is 0.411 e. The molecule has 0 bridgehead atoms. The Hall–Kier alpha value is -1.26. The van der Waals surface area contributed by atoms with Crippen LogP contribution in [0.5, 0.6) is 0 Å². The highest BCUT2D eigenvalue weighted by Crippen LogP contribution is 2.27. The minimum atomic E-state index is 0.294. The summed E-state index contributed by atoms with van der Waals surface area (Å²) in [6.45, 7) is 3.93. The SMILES string of the molecule is O/N=C1\CCCCCCCCCC[C@H]1N1CCN(c2ccccc2Cl)CC1. The molecule has 1 atom stereocenters. The van der Waals surface area contributed by atoms with E-state index in [0.717, 1.165) is 61.9 Å². The van der Waals surface area contributed by atoms with Gasteiger partial charge in [0.1, 0.15) is 0 Å². The Morgan fingerprint density at radius 2 is 1.48 bits per heavy atom. The summed E-state index contributed by atoms with van der Waals surface area (Å²) in [5, 5.41) is 14.3. The molecule has 2 fully saturated rings. The molecule has 1 heterocycles. The fourth-order valence-electron chi connectivity index (χ4n) is 4.53. The fourth-order valence-corrected chi connectivity index (χ4v) is 4.79. The highest BCUT2D eigenvalue weighted by molar-refractivity contribution is 6.33. The molecule has 4 nitrogen and oxygen atoms in total. The van der Waals surface area contributed by atoms with Crippen molar-refractivity contribution in [2.24, 2.45) is 5.16 Å². The van der Waals surface area contributed by atoms with E-state index in [1.54, 1.807) is 0 Å². The zero-order chi connectivity index (χ0) is 18.9. The van der Waals surface area contributed by atoms with Gasteiger partial charge in [-0.2, -0.15) is 0 Å². The quantitative estimate of drug-likeness (QED) is 0.528. The second-order valence-electron chi connectivity index (χ2n) is 7.95. The molecule has 0 amide bonds. The van der Waals surface area contributed by atoms with Gasteiger partial charge in [0.05, 0.1) is 22.5 Å². The number of anilines is 1. The average Bonchev–Trinajstić information content (AvgIpc) is 2.69. The molecule has 3 rings (SSSR count). The van der Waals surface area contributed by atoms with Gasteiger partial charge in [-0.1, -0.05) is 73.8 Å². The molecule has 1 N–H and O–H groups in total. The monoisotopic (exact) mass is 391 g/mol. The highest BCUT2D eigenvalue weighted by Gasteiger charge is 2.28. The molecule has 27 heavy (non-hydrogen) atoms. The fraction of sp³-hybridized carbons (Fsp3) is 0.682. The maximum absolute atomic E-state index is 9.70. The Morgan fingerprint density at radius 1 is 0.852 bits per heavy atom. The normalized spacial score (nSPS) is 25.7. The smallest absolute Gasteiger partial charge is 0.0742 e. The van der Waals surface area contributed by atoms with Gasteiger partial charge < -0.3 is 10.1 Å². The van der Waals surface area contributed by atoms with E-state index in [4.69, 9.17) is 11.6 Å². The van der Waals surface area contributed by atoms with Crippen LogP contribution in [0.4, 0.5) is 5.69 Å². The van der Waals surface area contributed by atoms with Crippen LogP contribution < -0.4 is 4.90 Å². The lowest BCUT2D eigenvalue weighted by atomic mass is 9.95. The molecule has 150 valence electrons. The van der Waals surface area contributed by atoms with Crippen LogP contribution in [0.25, 0.3) is 0 Å². The standard InChI is InChI=1S/C22H34ClN3O/c23-19-11-9-10-13-21(19)25-15-17-26(18-16-25)22-14-8-6-4-2-1-3-5-7-12-20(22)24-27/h9-11,13,22,27H,1-8,12,14-18H2/b24-20+/t22-/m1/s1. The number of piperazine rings is 1. The Labute approximate surface area is 169 Å². The Morgan fingerprint density at radius 3 is 2.15 bits per heavy atom. The van der Waals surface area contributed by atoms with Crippen molar-refractivity contribution in [2.45, 2.75) is 70.3 Å². The van der Waals surface area contributed by atoms with Crippen LogP contribution in [0.15, 0.2) is 29.4 Å². The van der Waals surface area contributed by atoms with Gasteiger partial charge in [0.25, 0.3) is 0 Å².